The Bertz CT molecular complexity index is 693. The van der Waals surface area contributed by atoms with Crippen LogP contribution in [-0.2, 0) is 0 Å². The molecule has 0 aliphatic heterocycles. The van der Waals surface area contributed by atoms with Crippen LogP contribution in [0.25, 0.3) is 0 Å². The normalized spacial score (nSPS) is 9.86. The predicted molar refractivity (Wildman–Crippen MR) is 85.1 cm³/mol. The molecule has 4 nitrogen and oxygen atoms in total. The predicted octanol–water partition coefficient (Wildman–Crippen LogP) is 3.36. The molecule has 22 heavy (non-hydrogen) atoms. The summed E-state index contributed by atoms with van der Waals surface area (Å²) < 4.78 is 5.56. The Morgan fingerprint density at radius 3 is 2.64 bits per heavy atom. The maximum Gasteiger partial charge on any atom is 0.253 e. The molecule has 0 bridgehead atoms. The van der Waals surface area contributed by atoms with E-state index in [9.17, 15) is 4.79 Å². The van der Waals surface area contributed by atoms with E-state index in [2.05, 4.69) is 0 Å². The van der Waals surface area contributed by atoms with Gasteiger partial charge in [0.15, 0.2) is 0 Å². The first-order valence-electron chi connectivity index (χ1n) is 6.74. The summed E-state index contributed by atoms with van der Waals surface area (Å²) in [5.74, 6) is 0.561. The van der Waals surface area contributed by atoms with Crippen molar-refractivity contribution in [1.29, 1.82) is 5.26 Å². The minimum absolute atomic E-state index is 0.112. The zero-order chi connectivity index (χ0) is 15.9. The van der Waals surface area contributed by atoms with Gasteiger partial charge in [-0.2, -0.15) is 5.26 Å². The molecule has 0 saturated heterocycles. The molecule has 0 heterocycles. The number of hydrogen-bond donors (Lipinski definition) is 0. The highest BCUT2D eigenvalue weighted by Gasteiger charge is 2.11. The molecule has 5 heteroatoms. The first-order valence-corrected chi connectivity index (χ1v) is 7.12. The number of rotatable bonds is 5. The van der Waals surface area contributed by atoms with Crippen molar-refractivity contribution >= 4 is 17.5 Å². The molecule has 0 N–H and O–H groups in total. The third-order valence-electron chi connectivity index (χ3n) is 3.10. The van der Waals surface area contributed by atoms with Crippen molar-refractivity contribution < 1.29 is 9.53 Å². The molecular weight excluding hydrogens is 300 g/mol. The van der Waals surface area contributed by atoms with E-state index in [1.807, 2.05) is 18.2 Å². The molecule has 1 amide bonds. The second-order valence-corrected chi connectivity index (χ2v) is 5.16. The van der Waals surface area contributed by atoms with Gasteiger partial charge >= 0.3 is 0 Å². The number of hydrogen-bond acceptors (Lipinski definition) is 3. The standard InChI is InChI=1S/C17H15ClN2O2/c1-20(9-10-22-16-4-2-3-15(18)11-16)17(21)14-7-5-13(12-19)6-8-14/h2-8,11H,9-10H2,1H3. The Kier molecular flexibility index (Phi) is 5.40. The number of likely N-dealkylation sites (N-methyl/N-ethyl adjacent to an activating group) is 1. The smallest absolute Gasteiger partial charge is 0.253 e. The minimum Gasteiger partial charge on any atom is -0.492 e. The van der Waals surface area contributed by atoms with Crippen LogP contribution in [0.1, 0.15) is 15.9 Å². The van der Waals surface area contributed by atoms with Gasteiger partial charge in [0.2, 0.25) is 0 Å². The fourth-order valence-electron chi connectivity index (χ4n) is 1.87. The summed E-state index contributed by atoms with van der Waals surface area (Å²) in [6.45, 7) is 0.824. The van der Waals surface area contributed by atoms with Gasteiger partial charge in [0.25, 0.3) is 5.91 Å². The number of amides is 1. The summed E-state index contributed by atoms with van der Waals surface area (Å²) in [4.78, 5) is 13.8. The molecule has 0 saturated carbocycles. The molecule has 0 radical (unpaired) electrons. The molecule has 0 fully saturated rings. The van der Waals surface area contributed by atoms with Gasteiger partial charge in [0, 0.05) is 17.6 Å². The van der Waals surface area contributed by atoms with Crippen LogP contribution in [0.4, 0.5) is 0 Å². The molecule has 0 unspecified atom stereocenters. The van der Waals surface area contributed by atoms with Gasteiger partial charge in [-0.1, -0.05) is 17.7 Å². The lowest BCUT2D eigenvalue weighted by atomic mass is 10.1. The average Bonchev–Trinajstić information content (AvgIpc) is 2.54. The van der Waals surface area contributed by atoms with Gasteiger partial charge in [0.1, 0.15) is 12.4 Å². The first-order chi connectivity index (χ1) is 10.6. The molecule has 2 rings (SSSR count). The SMILES string of the molecule is CN(CCOc1cccc(Cl)c1)C(=O)c1ccc(C#N)cc1. The number of nitriles is 1. The van der Waals surface area contributed by atoms with Crippen LogP contribution >= 0.6 is 11.6 Å². The van der Waals surface area contributed by atoms with E-state index >= 15 is 0 Å². The summed E-state index contributed by atoms with van der Waals surface area (Å²) >= 11 is 5.87. The lowest BCUT2D eigenvalue weighted by Crippen LogP contribution is -2.30. The third-order valence-corrected chi connectivity index (χ3v) is 3.33. The average molecular weight is 315 g/mol. The Labute approximate surface area is 134 Å². The number of carbonyl (C=O) groups is 1. The lowest BCUT2D eigenvalue weighted by molar-refractivity contribution is 0.0774. The topological polar surface area (TPSA) is 53.3 Å². The van der Waals surface area contributed by atoms with E-state index in [0.29, 0.717) is 35.1 Å². The first kappa shape index (κ1) is 15.9. The highest BCUT2D eigenvalue weighted by atomic mass is 35.5. The van der Waals surface area contributed by atoms with Crippen molar-refractivity contribution in [2.24, 2.45) is 0 Å². The lowest BCUT2D eigenvalue weighted by Gasteiger charge is -2.17. The van der Waals surface area contributed by atoms with Crippen molar-refractivity contribution in [2.75, 3.05) is 20.2 Å². The van der Waals surface area contributed by atoms with Crippen LogP contribution in [0, 0.1) is 11.3 Å². The van der Waals surface area contributed by atoms with E-state index in [0.717, 1.165) is 0 Å². The second kappa shape index (κ2) is 7.48. The van der Waals surface area contributed by atoms with Crippen molar-refractivity contribution in [3.05, 3.63) is 64.7 Å². The zero-order valence-electron chi connectivity index (χ0n) is 12.1. The minimum atomic E-state index is -0.112. The van der Waals surface area contributed by atoms with E-state index in [1.165, 1.54) is 0 Å². The van der Waals surface area contributed by atoms with Crippen LogP contribution < -0.4 is 4.74 Å². The van der Waals surface area contributed by atoms with Crippen LogP contribution in [0.15, 0.2) is 48.5 Å². The van der Waals surface area contributed by atoms with Crippen LogP contribution in [0.5, 0.6) is 5.75 Å². The number of halogens is 1. The number of benzene rings is 2. The number of carbonyl (C=O) groups excluding carboxylic acids is 1. The summed E-state index contributed by atoms with van der Waals surface area (Å²) in [5.41, 5.74) is 1.08. The summed E-state index contributed by atoms with van der Waals surface area (Å²) in [7, 11) is 1.71. The summed E-state index contributed by atoms with van der Waals surface area (Å²) in [6, 6.07) is 15.7. The Hall–Kier alpha value is -2.51. The fourth-order valence-corrected chi connectivity index (χ4v) is 2.05. The fraction of sp³-hybridized carbons (Fsp3) is 0.176. The highest BCUT2D eigenvalue weighted by Crippen LogP contribution is 2.17. The number of nitrogens with zero attached hydrogens (tertiary/aromatic N) is 2. The molecule has 2 aromatic rings. The van der Waals surface area contributed by atoms with E-state index in [-0.39, 0.29) is 5.91 Å². The van der Waals surface area contributed by atoms with Crippen molar-refractivity contribution in [2.45, 2.75) is 0 Å². The van der Waals surface area contributed by atoms with E-state index in [4.69, 9.17) is 21.6 Å². The quantitative estimate of drug-likeness (QED) is 0.850. The molecule has 0 aromatic heterocycles. The summed E-state index contributed by atoms with van der Waals surface area (Å²) in [6.07, 6.45) is 0. The van der Waals surface area contributed by atoms with Gasteiger partial charge in [-0.25, -0.2) is 0 Å². The molecular formula is C17H15ClN2O2. The maximum absolute atomic E-state index is 12.2. The monoisotopic (exact) mass is 314 g/mol. The van der Waals surface area contributed by atoms with Crippen molar-refractivity contribution in [3.8, 4) is 11.8 Å². The van der Waals surface area contributed by atoms with E-state index in [1.54, 1.807) is 48.3 Å². The van der Waals surface area contributed by atoms with Crippen molar-refractivity contribution in [3.63, 3.8) is 0 Å². The molecule has 0 aliphatic rings. The second-order valence-electron chi connectivity index (χ2n) is 4.72. The van der Waals surface area contributed by atoms with Crippen LogP contribution in [0.3, 0.4) is 0 Å². The highest BCUT2D eigenvalue weighted by molar-refractivity contribution is 6.30. The van der Waals surface area contributed by atoms with Crippen molar-refractivity contribution in [1.82, 2.24) is 4.90 Å². The van der Waals surface area contributed by atoms with Gasteiger partial charge in [-0.05, 0) is 42.5 Å². The molecule has 112 valence electrons. The van der Waals surface area contributed by atoms with Gasteiger partial charge < -0.3 is 9.64 Å². The molecule has 0 spiro atoms. The summed E-state index contributed by atoms with van der Waals surface area (Å²) in [5, 5.41) is 9.36. The third kappa shape index (κ3) is 4.24. The van der Waals surface area contributed by atoms with Crippen LogP contribution in [0.2, 0.25) is 5.02 Å². The Balaban J connectivity index is 1.87. The maximum atomic E-state index is 12.2. The Morgan fingerprint density at radius 2 is 2.00 bits per heavy atom. The van der Waals surface area contributed by atoms with Gasteiger partial charge in [0.05, 0.1) is 18.2 Å². The largest absolute Gasteiger partial charge is 0.492 e. The van der Waals surface area contributed by atoms with Crippen LogP contribution in [-0.4, -0.2) is 31.0 Å². The molecule has 0 atom stereocenters. The molecule has 2 aromatic carbocycles. The van der Waals surface area contributed by atoms with Gasteiger partial charge in [-0.15, -0.1) is 0 Å². The Morgan fingerprint density at radius 1 is 1.27 bits per heavy atom. The zero-order valence-corrected chi connectivity index (χ0v) is 12.9. The van der Waals surface area contributed by atoms with E-state index < -0.39 is 0 Å². The van der Waals surface area contributed by atoms with Gasteiger partial charge in [-0.3, -0.25) is 4.79 Å². The number of ether oxygens (including phenoxy) is 1. The molecule has 0 aliphatic carbocycles.